The van der Waals surface area contributed by atoms with Crippen LogP contribution in [0.4, 0.5) is 10.2 Å². The van der Waals surface area contributed by atoms with Gasteiger partial charge in [-0.15, -0.1) is 11.3 Å². The van der Waals surface area contributed by atoms with Gasteiger partial charge in [0.05, 0.1) is 16.4 Å². The van der Waals surface area contributed by atoms with E-state index < -0.39 is 0 Å². The Labute approximate surface area is 166 Å². The summed E-state index contributed by atoms with van der Waals surface area (Å²) >= 11 is 1.33. The molecule has 3 aromatic rings. The number of nitrogens with zero attached hydrogens (tertiary/aromatic N) is 2. The van der Waals surface area contributed by atoms with Crippen LogP contribution in [0.25, 0.3) is 10.2 Å². The summed E-state index contributed by atoms with van der Waals surface area (Å²) in [5.41, 5.74) is 1.55. The molecule has 146 valence electrons. The lowest BCUT2D eigenvalue weighted by Gasteiger charge is -2.12. The first-order chi connectivity index (χ1) is 13.6. The normalized spacial score (nSPS) is 16.4. The summed E-state index contributed by atoms with van der Waals surface area (Å²) in [7, 11) is 0. The Kier molecular flexibility index (Phi) is 5.50. The van der Waals surface area contributed by atoms with E-state index in [9.17, 15) is 9.18 Å². The third-order valence-corrected chi connectivity index (χ3v) is 5.99. The van der Waals surface area contributed by atoms with Crippen LogP contribution in [-0.4, -0.2) is 35.1 Å². The first-order valence-electron chi connectivity index (χ1n) is 9.24. The maximum Gasteiger partial charge on any atom is 0.261 e. The van der Waals surface area contributed by atoms with Gasteiger partial charge in [-0.2, -0.15) is 0 Å². The van der Waals surface area contributed by atoms with Crippen LogP contribution < -0.4 is 10.6 Å². The maximum absolute atomic E-state index is 13.3. The fourth-order valence-corrected chi connectivity index (χ4v) is 4.41. The number of hydrogen-bond acceptors (Lipinski definition) is 6. The molecule has 6 nitrogen and oxygen atoms in total. The summed E-state index contributed by atoms with van der Waals surface area (Å²) in [5, 5.41) is 7.06. The Morgan fingerprint density at radius 3 is 3.07 bits per heavy atom. The summed E-state index contributed by atoms with van der Waals surface area (Å²) in [6.45, 7) is 3.65. The van der Waals surface area contributed by atoms with E-state index in [-0.39, 0.29) is 24.4 Å². The van der Waals surface area contributed by atoms with Crippen molar-refractivity contribution < 1.29 is 13.9 Å². The SMILES string of the molecule is Cc1c(C(=O)NCc2cccc(F)c2)sc2ncnc(NC[C@@H]3CCCO3)c12. The molecule has 1 saturated heterocycles. The summed E-state index contributed by atoms with van der Waals surface area (Å²) in [5.74, 6) is 0.204. The van der Waals surface area contributed by atoms with Crippen LogP contribution in [0.1, 0.15) is 33.6 Å². The van der Waals surface area contributed by atoms with Gasteiger partial charge in [0, 0.05) is 19.7 Å². The van der Waals surface area contributed by atoms with E-state index in [1.165, 1.54) is 29.8 Å². The second-order valence-electron chi connectivity index (χ2n) is 6.79. The lowest BCUT2D eigenvalue weighted by molar-refractivity contribution is 0.0954. The molecule has 0 spiro atoms. The second kappa shape index (κ2) is 8.20. The number of carbonyl (C=O) groups excluding carboxylic acids is 1. The van der Waals surface area contributed by atoms with Crippen LogP contribution in [0.15, 0.2) is 30.6 Å². The molecule has 8 heteroatoms. The Balaban J connectivity index is 1.51. The zero-order valence-corrected chi connectivity index (χ0v) is 16.3. The van der Waals surface area contributed by atoms with Gasteiger partial charge in [-0.25, -0.2) is 14.4 Å². The van der Waals surface area contributed by atoms with Gasteiger partial charge < -0.3 is 15.4 Å². The van der Waals surface area contributed by atoms with Crippen molar-refractivity contribution in [2.24, 2.45) is 0 Å². The Morgan fingerprint density at radius 1 is 1.39 bits per heavy atom. The van der Waals surface area contributed by atoms with Crippen molar-refractivity contribution in [1.29, 1.82) is 0 Å². The Hall–Kier alpha value is -2.58. The molecule has 1 amide bonds. The third-order valence-electron chi connectivity index (χ3n) is 4.80. The summed E-state index contributed by atoms with van der Waals surface area (Å²) < 4.78 is 19.0. The van der Waals surface area contributed by atoms with Crippen LogP contribution in [0, 0.1) is 12.7 Å². The molecule has 1 aromatic carbocycles. The number of fused-ring (bicyclic) bond motifs is 1. The topological polar surface area (TPSA) is 76.1 Å². The average Bonchev–Trinajstić information content (AvgIpc) is 3.33. The van der Waals surface area contributed by atoms with Crippen molar-refractivity contribution in [3.8, 4) is 0 Å². The quantitative estimate of drug-likeness (QED) is 0.660. The maximum atomic E-state index is 13.3. The number of amides is 1. The number of aryl methyl sites for hydroxylation is 1. The van der Waals surface area contributed by atoms with E-state index >= 15 is 0 Å². The molecule has 1 aliphatic heterocycles. The Bertz CT molecular complexity index is 1000. The number of halogens is 1. The molecule has 0 radical (unpaired) electrons. The van der Waals surface area contributed by atoms with Gasteiger partial charge in [-0.05, 0) is 43.0 Å². The van der Waals surface area contributed by atoms with Crippen LogP contribution in [-0.2, 0) is 11.3 Å². The molecular formula is C20H21FN4O2S. The molecular weight excluding hydrogens is 379 g/mol. The predicted octanol–water partition coefficient (Wildman–Crippen LogP) is 3.66. The highest BCUT2D eigenvalue weighted by Gasteiger charge is 2.21. The number of hydrogen-bond donors (Lipinski definition) is 2. The minimum Gasteiger partial charge on any atom is -0.376 e. The molecule has 4 rings (SSSR count). The molecule has 3 heterocycles. The van der Waals surface area contributed by atoms with Crippen LogP contribution >= 0.6 is 11.3 Å². The standard InChI is InChI=1S/C20H21FN4O2S/c1-12-16-18(22-10-15-6-3-7-27-15)24-11-25-20(16)28-17(12)19(26)23-9-13-4-2-5-14(21)8-13/h2,4-5,8,11,15H,3,6-7,9-10H2,1H3,(H,23,26)(H,22,24,25)/t15-/m0/s1. The van der Waals surface area contributed by atoms with E-state index in [2.05, 4.69) is 20.6 Å². The highest BCUT2D eigenvalue weighted by molar-refractivity contribution is 7.20. The van der Waals surface area contributed by atoms with Crippen LogP contribution in [0.2, 0.25) is 0 Å². The molecule has 1 aliphatic rings. The second-order valence-corrected chi connectivity index (χ2v) is 7.79. The average molecular weight is 400 g/mol. The molecule has 0 saturated carbocycles. The number of anilines is 1. The zero-order chi connectivity index (χ0) is 19.5. The zero-order valence-electron chi connectivity index (χ0n) is 15.5. The van der Waals surface area contributed by atoms with Crippen molar-refractivity contribution in [3.05, 3.63) is 52.4 Å². The highest BCUT2D eigenvalue weighted by Crippen LogP contribution is 2.33. The number of benzene rings is 1. The number of aromatic nitrogens is 2. The highest BCUT2D eigenvalue weighted by atomic mass is 32.1. The molecule has 28 heavy (non-hydrogen) atoms. The summed E-state index contributed by atoms with van der Waals surface area (Å²) in [6, 6.07) is 6.20. The molecule has 1 atom stereocenters. The number of carbonyl (C=O) groups is 1. The van der Waals surface area contributed by atoms with Gasteiger partial charge in [0.2, 0.25) is 0 Å². The molecule has 2 aromatic heterocycles. The van der Waals surface area contributed by atoms with E-state index in [0.29, 0.717) is 17.0 Å². The predicted molar refractivity (Wildman–Crippen MR) is 107 cm³/mol. The fraction of sp³-hybridized carbons (Fsp3) is 0.350. The van der Waals surface area contributed by atoms with Crippen molar-refractivity contribution >= 4 is 33.3 Å². The van der Waals surface area contributed by atoms with E-state index in [4.69, 9.17) is 4.74 Å². The first kappa shape index (κ1) is 18.8. The smallest absolute Gasteiger partial charge is 0.261 e. The molecule has 1 fully saturated rings. The van der Waals surface area contributed by atoms with Crippen molar-refractivity contribution in [1.82, 2.24) is 15.3 Å². The number of nitrogens with one attached hydrogen (secondary N) is 2. The minimum absolute atomic E-state index is 0.193. The van der Waals surface area contributed by atoms with Crippen LogP contribution in [0.5, 0.6) is 0 Å². The van der Waals surface area contributed by atoms with Gasteiger partial charge in [-0.3, -0.25) is 4.79 Å². The van der Waals surface area contributed by atoms with Gasteiger partial charge in [-0.1, -0.05) is 12.1 Å². The first-order valence-corrected chi connectivity index (χ1v) is 10.1. The van der Waals surface area contributed by atoms with Crippen LogP contribution in [0.3, 0.4) is 0 Å². The van der Waals surface area contributed by atoms with Gasteiger partial charge in [0.25, 0.3) is 5.91 Å². The molecule has 0 bridgehead atoms. The lowest BCUT2D eigenvalue weighted by Crippen LogP contribution is -2.22. The van der Waals surface area contributed by atoms with Crippen molar-refractivity contribution in [2.45, 2.75) is 32.4 Å². The lowest BCUT2D eigenvalue weighted by atomic mass is 10.1. The minimum atomic E-state index is -0.318. The summed E-state index contributed by atoms with van der Waals surface area (Å²) in [4.78, 5) is 22.7. The number of ether oxygens (including phenoxy) is 1. The van der Waals surface area contributed by atoms with Gasteiger partial charge in [0.15, 0.2) is 0 Å². The fourth-order valence-electron chi connectivity index (χ4n) is 3.35. The van der Waals surface area contributed by atoms with Gasteiger partial charge >= 0.3 is 0 Å². The number of thiophene rings is 1. The molecule has 0 unspecified atom stereocenters. The molecule has 0 aliphatic carbocycles. The van der Waals surface area contributed by atoms with E-state index in [0.717, 1.165) is 41.0 Å². The summed E-state index contributed by atoms with van der Waals surface area (Å²) in [6.07, 6.45) is 3.82. The van der Waals surface area contributed by atoms with Gasteiger partial charge in [0.1, 0.15) is 22.8 Å². The van der Waals surface area contributed by atoms with Crippen molar-refractivity contribution in [2.75, 3.05) is 18.5 Å². The largest absolute Gasteiger partial charge is 0.376 e. The van der Waals surface area contributed by atoms with E-state index in [1.54, 1.807) is 12.1 Å². The third kappa shape index (κ3) is 3.98. The molecule has 2 N–H and O–H groups in total. The monoisotopic (exact) mass is 400 g/mol. The van der Waals surface area contributed by atoms with Crippen molar-refractivity contribution in [3.63, 3.8) is 0 Å². The Morgan fingerprint density at radius 2 is 2.29 bits per heavy atom. The number of rotatable bonds is 6. The van der Waals surface area contributed by atoms with E-state index in [1.807, 2.05) is 6.92 Å².